The molecule has 3 heteroatoms. The van der Waals surface area contributed by atoms with Gasteiger partial charge in [0.25, 0.3) is 0 Å². The number of benzene rings is 3. The topological polar surface area (TPSA) is 17.8 Å². The lowest BCUT2D eigenvalue weighted by molar-refractivity contribution is 0.808. The second-order valence-electron chi connectivity index (χ2n) is 5.71. The van der Waals surface area contributed by atoms with Crippen molar-refractivity contribution in [2.24, 2.45) is 0 Å². The lowest BCUT2D eigenvalue weighted by Gasteiger charge is -2.07. The molecule has 25 heavy (non-hydrogen) atoms. The molecule has 0 saturated heterocycles. The normalized spacial score (nSPS) is 10.8. The zero-order valence-corrected chi connectivity index (χ0v) is 14.8. The molecule has 1 aromatic heterocycles. The molecule has 0 spiro atoms. The molecule has 0 atom stereocenters. The predicted octanol–water partition coefficient (Wildman–Crippen LogP) is 5.93. The van der Waals surface area contributed by atoms with Crippen molar-refractivity contribution in [3.63, 3.8) is 0 Å². The maximum absolute atomic E-state index is 4.99. The number of hydrogen-bond acceptors (Lipinski definition) is 2. The summed E-state index contributed by atoms with van der Waals surface area (Å²) in [5, 5.41) is 6.14. The molecular formula is C22H18N2S. The zero-order valence-electron chi connectivity index (χ0n) is 14.0. The van der Waals surface area contributed by atoms with Crippen LogP contribution in [0.15, 0.2) is 96.0 Å². The first-order valence-electron chi connectivity index (χ1n) is 8.22. The smallest absolute Gasteiger partial charge is 0.108 e. The fourth-order valence-electron chi connectivity index (χ4n) is 3.00. The van der Waals surface area contributed by atoms with Crippen LogP contribution in [0, 0.1) is 0 Å². The van der Waals surface area contributed by atoms with Crippen LogP contribution < -0.4 is 0 Å². The van der Waals surface area contributed by atoms with Crippen LogP contribution in [0.5, 0.6) is 0 Å². The molecule has 0 N–H and O–H groups in total. The number of hydrogen-bond donors (Lipinski definition) is 0. The van der Waals surface area contributed by atoms with Crippen LogP contribution >= 0.6 is 11.8 Å². The number of para-hydroxylation sites is 1. The molecule has 122 valence electrons. The molecule has 0 amide bonds. The molecule has 0 radical (unpaired) electrons. The molecule has 0 saturated carbocycles. The minimum absolute atomic E-state index is 1.01. The van der Waals surface area contributed by atoms with E-state index in [2.05, 4.69) is 71.6 Å². The highest BCUT2D eigenvalue weighted by Gasteiger charge is 2.20. The third-order valence-electron chi connectivity index (χ3n) is 4.15. The van der Waals surface area contributed by atoms with Crippen molar-refractivity contribution in [3.8, 4) is 28.1 Å². The zero-order chi connectivity index (χ0) is 17.1. The lowest BCUT2D eigenvalue weighted by Crippen LogP contribution is -1.97. The number of thioether (sulfide) groups is 1. The van der Waals surface area contributed by atoms with E-state index in [9.17, 15) is 0 Å². The Labute approximate surface area is 152 Å². The van der Waals surface area contributed by atoms with Crippen LogP contribution in [0.2, 0.25) is 0 Å². The van der Waals surface area contributed by atoms with Crippen molar-refractivity contribution in [2.45, 2.75) is 5.03 Å². The monoisotopic (exact) mass is 342 g/mol. The molecule has 3 aromatic carbocycles. The van der Waals surface area contributed by atoms with Gasteiger partial charge >= 0.3 is 0 Å². The average molecular weight is 342 g/mol. The molecule has 0 aliphatic carbocycles. The summed E-state index contributed by atoms with van der Waals surface area (Å²) in [5.41, 5.74) is 5.59. The summed E-state index contributed by atoms with van der Waals surface area (Å²) in [5.74, 6) is 0. The highest BCUT2D eigenvalue weighted by atomic mass is 32.2. The van der Waals surface area contributed by atoms with E-state index in [1.54, 1.807) is 11.8 Å². The van der Waals surface area contributed by atoms with Gasteiger partial charge in [0.05, 0.1) is 5.69 Å². The molecule has 0 aliphatic heterocycles. The Morgan fingerprint density at radius 1 is 0.680 bits per heavy atom. The second kappa shape index (κ2) is 6.99. The van der Waals surface area contributed by atoms with Crippen molar-refractivity contribution in [1.29, 1.82) is 0 Å². The van der Waals surface area contributed by atoms with Gasteiger partial charge in [-0.25, -0.2) is 4.68 Å². The van der Waals surface area contributed by atoms with Crippen molar-refractivity contribution in [1.82, 2.24) is 9.78 Å². The van der Waals surface area contributed by atoms with E-state index in [0.717, 1.165) is 22.0 Å². The molecule has 4 rings (SSSR count). The van der Waals surface area contributed by atoms with Gasteiger partial charge in [-0.05, 0) is 24.0 Å². The van der Waals surface area contributed by atoms with Crippen LogP contribution in [-0.4, -0.2) is 16.0 Å². The SMILES string of the molecule is CSc1c(-c2ccccc2)c(-c2ccccc2)nn1-c1ccccc1. The minimum atomic E-state index is 1.01. The first-order valence-corrected chi connectivity index (χ1v) is 9.44. The summed E-state index contributed by atoms with van der Waals surface area (Å²) in [6.07, 6.45) is 2.11. The van der Waals surface area contributed by atoms with Crippen LogP contribution in [0.4, 0.5) is 0 Å². The Morgan fingerprint density at radius 3 is 1.76 bits per heavy atom. The summed E-state index contributed by atoms with van der Waals surface area (Å²) in [7, 11) is 0. The maximum Gasteiger partial charge on any atom is 0.108 e. The quantitative estimate of drug-likeness (QED) is 0.428. The molecule has 1 heterocycles. The summed E-state index contributed by atoms with van der Waals surface area (Å²) >= 11 is 1.73. The summed E-state index contributed by atoms with van der Waals surface area (Å²) in [6.45, 7) is 0. The highest BCUT2D eigenvalue weighted by Crippen LogP contribution is 2.39. The standard InChI is InChI=1S/C22H18N2S/c1-25-22-20(17-11-5-2-6-12-17)21(18-13-7-3-8-14-18)23-24(22)19-15-9-4-10-16-19/h2-16H,1H3. The van der Waals surface area contributed by atoms with E-state index in [-0.39, 0.29) is 0 Å². The summed E-state index contributed by atoms with van der Waals surface area (Å²) in [6, 6.07) is 31.2. The molecule has 0 unspecified atom stereocenters. The van der Waals surface area contributed by atoms with E-state index in [1.807, 2.05) is 30.3 Å². The van der Waals surface area contributed by atoms with Gasteiger partial charge in [0.1, 0.15) is 10.7 Å². The minimum Gasteiger partial charge on any atom is -0.226 e. The maximum atomic E-state index is 4.99. The van der Waals surface area contributed by atoms with E-state index >= 15 is 0 Å². The fourth-order valence-corrected chi connectivity index (χ4v) is 3.74. The highest BCUT2D eigenvalue weighted by molar-refractivity contribution is 7.98. The van der Waals surface area contributed by atoms with Gasteiger partial charge in [0, 0.05) is 11.1 Å². The summed E-state index contributed by atoms with van der Waals surface area (Å²) < 4.78 is 2.05. The molecule has 0 fully saturated rings. The first-order chi connectivity index (χ1) is 12.4. The third kappa shape index (κ3) is 2.99. The van der Waals surface area contributed by atoms with E-state index in [1.165, 1.54) is 11.1 Å². The van der Waals surface area contributed by atoms with Gasteiger partial charge in [-0.15, -0.1) is 11.8 Å². The Morgan fingerprint density at radius 2 is 1.20 bits per heavy atom. The largest absolute Gasteiger partial charge is 0.226 e. The van der Waals surface area contributed by atoms with Crippen LogP contribution in [0.1, 0.15) is 0 Å². The van der Waals surface area contributed by atoms with E-state index in [0.29, 0.717) is 0 Å². The van der Waals surface area contributed by atoms with Gasteiger partial charge in [-0.3, -0.25) is 0 Å². The fraction of sp³-hybridized carbons (Fsp3) is 0.0455. The van der Waals surface area contributed by atoms with Crippen LogP contribution in [0.25, 0.3) is 28.1 Å². The number of aromatic nitrogens is 2. The number of nitrogens with zero attached hydrogens (tertiary/aromatic N) is 2. The van der Waals surface area contributed by atoms with Crippen molar-refractivity contribution < 1.29 is 0 Å². The summed E-state index contributed by atoms with van der Waals surface area (Å²) in [4.78, 5) is 0. The molecule has 0 bridgehead atoms. The van der Waals surface area contributed by atoms with Gasteiger partial charge in [0.2, 0.25) is 0 Å². The Bertz CT molecular complexity index is 961. The lowest BCUT2D eigenvalue weighted by atomic mass is 10.0. The molecule has 0 aliphatic rings. The van der Waals surface area contributed by atoms with E-state index < -0.39 is 0 Å². The Balaban J connectivity index is 2.02. The van der Waals surface area contributed by atoms with Crippen LogP contribution in [-0.2, 0) is 0 Å². The molecule has 4 aromatic rings. The van der Waals surface area contributed by atoms with Crippen molar-refractivity contribution >= 4 is 11.8 Å². The van der Waals surface area contributed by atoms with Crippen molar-refractivity contribution in [3.05, 3.63) is 91.0 Å². The Kier molecular flexibility index (Phi) is 4.40. The predicted molar refractivity (Wildman–Crippen MR) is 106 cm³/mol. The third-order valence-corrected chi connectivity index (χ3v) is 4.91. The second-order valence-corrected chi connectivity index (χ2v) is 6.51. The van der Waals surface area contributed by atoms with Gasteiger partial charge in [-0.2, -0.15) is 5.10 Å². The van der Waals surface area contributed by atoms with Gasteiger partial charge in [-0.1, -0.05) is 78.9 Å². The number of rotatable bonds is 4. The first kappa shape index (κ1) is 15.7. The van der Waals surface area contributed by atoms with Crippen LogP contribution in [0.3, 0.4) is 0 Å². The van der Waals surface area contributed by atoms with Gasteiger partial charge < -0.3 is 0 Å². The average Bonchev–Trinajstić information content (AvgIpc) is 3.09. The molecular weight excluding hydrogens is 324 g/mol. The molecule has 2 nitrogen and oxygen atoms in total. The van der Waals surface area contributed by atoms with Gasteiger partial charge in [0.15, 0.2) is 0 Å². The van der Waals surface area contributed by atoms with Crippen molar-refractivity contribution in [2.75, 3.05) is 6.26 Å². The van der Waals surface area contributed by atoms with E-state index in [4.69, 9.17) is 5.10 Å². The Hall–Kier alpha value is -2.78.